The molecular weight excluding hydrogens is 299 g/mol. The van der Waals surface area contributed by atoms with E-state index in [1.807, 2.05) is 4.90 Å². The molecule has 7 heteroatoms. The topological polar surface area (TPSA) is 50.7 Å². The predicted molar refractivity (Wildman–Crippen MR) is 84.3 cm³/mol. The average Bonchev–Trinajstić information content (AvgIpc) is 3.04. The molecule has 0 saturated carbocycles. The molecular formula is C16H23FN4O2. The number of halogens is 1. The molecule has 0 radical (unpaired) electrons. The van der Waals surface area contributed by atoms with Gasteiger partial charge in [-0.3, -0.25) is 0 Å². The summed E-state index contributed by atoms with van der Waals surface area (Å²) in [6.07, 6.45) is 4.71. The minimum atomic E-state index is -0.355. The summed E-state index contributed by atoms with van der Waals surface area (Å²) in [6.45, 7) is 6.07. The Bertz CT molecular complexity index is 559. The van der Waals surface area contributed by atoms with E-state index in [0.717, 1.165) is 39.1 Å². The van der Waals surface area contributed by atoms with Crippen LogP contribution in [0, 0.1) is 11.2 Å². The van der Waals surface area contributed by atoms with Crippen molar-refractivity contribution in [1.82, 2.24) is 9.97 Å². The highest BCUT2D eigenvalue weighted by molar-refractivity contribution is 5.45. The fourth-order valence-corrected chi connectivity index (χ4v) is 3.85. The maximum absolute atomic E-state index is 14.2. The molecule has 4 heterocycles. The first kappa shape index (κ1) is 15.1. The average molecular weight is 322 g/mol. The summed E-state index contributed by atoms with van der Waals surface area (Å²) in [4.78, 5) is 12.9. The van der Waals surface area contributed by atoms with Gasteiger partial charge in [0, 0.05) is 38.2 Å². The Morgan fingerprint density at radius 3 is 2.70 bits per heavy atom. The minimum absolute atomic E-state index is 0.231. The van der Waals surface area contributed by atoms with Crippen molar-refractivity contribution in [2.24, 2.45) is 5.41 Å². The highest BCUT2D eigenvalue weighted by Gasteiger charge is 2.39. The van der Waals surface area contributed by atoms with Gasteiger partial charge in [-0.05, 0) is 19.3 Å². The van der Waals surface area contributed by atoms with Crippen LogP contribution in [0.5, 0.6) is 0 Å². The molecule has 3 aliphatic rings. The van der Waals surface area contributed by atoms with Crippen LogP contribution in [0.3, 0.4) is 0 Å². The number of aromatic nitrogens is 2. The molecule has 4 rings (SSSR count). The molecule has 3 aliphatic heterocycles. The van der Waals surface area contributed by atoms with Crippen molar-refractivity contribution in [2.45, 2.75) is 19.3 Å². The van der Waals surface area contributed by atoms with E-state index in [1.54, 1.807) is 0 Å². The van der Waals surface area contributed by atoms with Crippen molar-refractivity contribution >= 4 is 11.8 Å². The second-order valence-corrected chi connectivity index (χ2v) is 6.77. The molecule has 1 aromatic heterocycles. The van der Waals surface area contributed by atoms with Crippen molar-refractivity contribution < 1.29 is 13.9 Å². The maximum atomic E-state index is 14.2. The van der Waals surface area contributed by atoms with Gasteiger partial charge in [0.1, 0.15) is 0 Å². The molecule has 1 aromatic rings. The van der Waals surface area contributed by atoms with Gasteiger partial charge in [-0.2, -0.15) is 4.98 Å². The summed E-state index contributed by atoms with van der Waals surface area (Å²) in [6, 6.07) is 0. The number of nitrogens with zero attached hydrogens (tertiary/aromatic N) is 4. The van der Waals surface area contributed by atoms with Crippen LogP contribution in [0.25, 0.3) is 0 Å². The fourth-order valence-electron chi connectivity index (χ4n) is 3.85. The molecule has 1 atom stereocenters. The van der Waals surface area contributed by atoms with Gasteiger partial charge >= 0.3 is 0 Å². The lowest BCUT2D eigenvalue weighted by atomic mass is 9.79. The molecule has 6 nitrogen and oxygen atoms in total. The lowest BCUT2D eigenvalue weighted by Gasteiger charge is -2.39. The molecule has 0 bridgehead atoms. The smallest absolute Gasteiger partial charge is 0.227 e. The van der Waals surface area contributed by atoms with Crippen molar-refractivity contribution in [3.63, 3.8) is 0 Å². The molecule has 126 valence electrons. The Morgan fingerprint density at radius 2 is 1.91 bits per heavy atom. The summed E-state index contributed by atoms with van der Waals surface area (Å²) < 4.78 is 25.1. The van der Waals surface area contributed by atoms with Crippen LogP contribution in [-0.2, 0) is 9.47 Å². The van der Waals surface area contributed by atoms with Crippen LogP contribution in [-0.4, -0.2) is 62.6 Å². The summed E-state index contributed by atoms with van der Waals surface area (Å²) in [5.74, 6) is 0.686. The number of rotatable bonds is 2. The zero-order valence-corrected chi connectivity index (χ0v) is 13.3. The Morgan fingerprint density at radius 1 is 1.04 bits per heavy atom. The van der Waals surface area contributed by atoms with Gasteiger partial charge in [0.2, 0.25) is 5.95 Å². The minimum Gasteiger partial charge on any atom is -0.381 e. The van der Waals surface area contributed by atoms with Crippen molar-refractivity contribution in [2.75, 3.05) is 62.4 Å². The monoisotopic (exact) mass is 322 g/mol. The van der Waals surface area contributed by atoms with Gasteiger partial charge < -0.3 is 19.3 Å². The van der Waals surface area contributed by atoms with E-state index < -0.39 is 0 Å². The quantitative estimate of drug-likeness (QED) is 0.822. The Hall–Kier alpha value is -1.47. The molecule has 3 fully saturated rings. The third-order valence-corrected chi connectivity index (χ3v) is 5.15. The van der Waals surface area contributed by atoms with Crippen LogP contribution in [0.15, 0.2) is 6.20 Å². The summed E-state index contributed by atoms with van der Waals surface area (Å²) in [5.41, 5.74) is 0.231. The summed E-state index contributed by atoms with van der Waals surface area (Å²) in [7, 11) is 0. The summed E-state index contributed by atoms with van der Waals surface area (Å²) in [5, 5.41) is 0. The highest BCUT2D eigenvalue weighted by atomic mass is 19.1. The van der Waals surface area contributed by atoms with Crippen LogP contribution in [0.1, 0.15) is 19.3 Å². The van der Waals surface area contributed by atoms with Gasteiger partial charge in [-0.15, -0.1) is 0 Å². The number of anilines is 2. The SMILES string of the molecule is Fc1cnc(N2CCC[C@@]3(CCOC3)C2)nc1N1CCOCC1. The van der Waals surface area contributed by atoms with Gasteiger partial charge in [0.05, 0.1) is 26.0 Å². The number of morpholine rings is 1. The lowest BCUT2D eigenvalue weighted by Crippen LogP contribution is -2.45. The van der Waals surface area contributed by atoms with E-state index in [9.17, 15) is 4.39 Å². The lowest BCUT2D eigenvalue weighted by molar-refractivity contribution is 0.122. The first-order valence-corrected chi connectivity index (χ1v) is 8.44. The maximum Gasteiger partial charge on any atom is 0.227 e. The van der Waals surface area contributed by atoms with Gasteiger partial charge in [-0.1, -0.05) is 0 Å². The normalized spacial score (nSPS) is 28.6. The third-order valence-electron chi connectivity index (χ3n) is 5.15. The second kappa shape index (κ2) is 6.20. The first-order chi connectivity index (χ1) is 11.3. The molecule has 0 amide bonds. The Kier molecular flexibility index (Phi) is 4.07. The number of hydrogen-bond acceptors (Lipinski definition) is 6. The molecule has 0 aliphatic carbocycles. The third kappa shape index (κ3) is 2.99. The van der Waals surface area contributed by atoms with Crippen LogP contribution in [0.4, 0.5) is 16.2 Å². The number of piperidine rings is 1. The predicted octanol–water partition coefficient (Wildman–Crippen LogP) is 1.46. The first-order valence-electron chi connectivity index (χ1n) is 8.44. The Balaban J connectivity index is 1.56. The fraction of sp³-hybridized carbons (Fsp3) is 0.750. The molecule has 0 unspecified atom stereocenters. The van der Waals surface area contributed by atoms with Gasteiger partial charge in [0.25, 0.3) is 0 Å². The van der Waals surface area contributed by atoms with Crippen LogP contribution < -0.4 is 9.80 Å². The number of ether oxygens (including phenoxy) is 2. The molecule has 23 heavy (non-hydrogen) atoms. The van der Waals surface area contributed by atoms with Crippen LogP contribution >= 0.6 is 0 Å². The molecule has 1 spiro atoms. The zero-order valence-electron chi connectivity index (χ0n) is 13.3. The summed E-state index contributed by atoms with van der Waals surface area (Å²) >= 11 is 0. The van der Waals surface area contributed by atoms with E-state index in [1.165, 1.54) is 12.6 Å². The second-order valence-electron chi connectivity index (χ2n) is 6.77. The van der Waals surface area contributed by atoms with Crippen molar-refractivity contribution in [3.05, 3.63) is 12.0 Å². The van der Waals surface area contributed by atoms with Crippen molar-refractivity contribution in [1.29, 1.82) is 0 Å². The van der Waals surface area contributed by atoms with Crippen molar-refractivity contribution in [3.8, 4) is 0 Å². The number of hydrogen-bond donors (Lipinski definition) is 0. The van der Waals surface area contributed by atoms with E-state index in [-0.39, 0.29) is 11.2 Å². The van der Waals surface area contributed by atoms with E-state index in [4.69, 9.17) is 9.47 Å². The van der Waals surface area contributed by atoms with E-state index in [2.05, 4.69) is 14.9 Å². The molecule has 0 aromatic carbocycles. The highest BCUT2D eigenvalue weighted by Crippen LogP contribution is 2.38. The van der Waals surface area contributed by atoms with Crippen LogP contribution in [0.2, 0.25) is 0 Å². The van der Waals surface area contributed by atoms with E-state index >= 15 is 0 Å². The van der Waals surface area contributed by atoms with E-state index in [0.29, 0.717) is 38.1 Å². The van der Waals surface area contributed by atoms with Gasteiger partial charge in [-0.25, -0.2) is 9.37 Å². The largest absolute Gasteiger partial charge is 0.381 e. The van der Waals surface area contributed by atoms with Gasteiger partial charge in [0.15, 0.2) is 11.6 Å². The standard InChI is InChI=1S/C16H23FN4O2/c17-13-10-18-15(19-14(13)20-5-8-22-9-6-20)21-4-1-2-16(11-21)3-7-23-12-16/h10H,1-9,11-12H2/t16-/m1/s1. The molecule has 3 saturated heterocycles. The Labute approximate surface area is 135 Å². The molecule has 0 N–H and O–H groups in total. The zero-order chi connectivity index (χ0) is 15.7.